The second-order valence-electron chi connectivity index (χ2n) is 5.54. The van der Waals surface area contributed by atoms with Gasteiger partial charge in [0.25, 0.3) is 5.69 Å². The molecule has 1 atom stereocenters. The van der Waals surface area contributed by atoms with Crippen molar-refractivity contribution in [3.63, 3.8) is 0 Å². The third-order valence-electron chi connectivity index (χ3n) is 3.72. The fourth-order valence-corrected chi connectivity index (χ4v) is 3.12. The first-order valence-electron chi connectivity index (χ1n) is 6.69. The minimum absolute atomic E-state index is 0.0806. The average Bonchev–Trinajstić information content (AvgIpc) is 3.22. The summed E-state index contributed by atoms with van der Waals surface area (Å²) in [5, 5.41) is 11.2. The highest BCUT2D eigenvalue weighted by molar-refractivity contribution is 7.89. The van der Waals surface area contributed by atoms with Crippen LogP contribution in [0.3, 0.4) is 0 Å². The quantitative estimate of drug-likeness (QED) is 0.625. The summed E-state index contributed by atoms with van der Waals surface area (Å²) >= 11 is 0. The van der Waals surface area contributed by atoms with Gasteiger partial charge in [0.15, 0.2) is 0 Å². The molecular formula is C13H19N3O4S. The van der Waals surface area contributed by atoms with Gasteiger partial charge in [-0.15, -0.1) is 0 Å². The summed E-state index contributed by atoms with van der Waals surface area (Å²) in [5.74, 6) is 0.426. The van der Waals surface area contributed by atoms with Crippen LogP contribution in [0.5, 0.6) is 0 Å². The molecule has 2 rings (SSSR count). The van der Waals surface area contributed by atoms with E-state index in [0.717, 1.165) is 23.2 Å². The van der Waals surface area contributed by atoms with Gasteiger partial charge >= 0.3 is 0 Å². The van der Waals surface area contributed by atoms with Gasteiger partial charge < -0.3 is 5.73 Å². The van der Waals surface area contributed by atoms with Crippen molar-refractivity contribution in [2.75, 3.05) is 14.1 Å². The average molecular weight is 313 g/mol. The highest BCUT2D eigenvalue weighted by Crippen LogP contribution is 2.34. The lowest BCUT2D eigenvalue weighted by atomic mass is 10.0. The summed E-state index contributed by atoms with van der Waals surface area (Å²) < 4.78 is 25.1. The van der Waals surface area contributed by atoms with Crippen LogP contribution < -0.4 is 5.73 Å². The van der Waals surface area contributed by atoms with E-state index >= 15 is 0 Å². The molecule has 0 saturated heterocycles. The van der Waals surface area contributed by atoms with E-state index in [1.807, 2.05) is 0 Å². The van der Waals surface area contributed by atoms with E-state index in [1.165, 1.54) is 26.2 Å². The molecule has 0 heterocycles. The number of benzene rings is 1. The second-order valence-corrected chi connectivity index (χ2v) is 7.69. The molecule has 1 unspecified atom stereocenters. The van der Waals surface area contributed by atoms with Gasteiger partial charge in [0.1, 0.15) is 0 Å². The maximum absolute atomic E-state index is 12.0. The molecule has 1 saturated carbocycles. The molecule has 0 amide bonds. The number of sulfonamides is 1. The van der Waals surface area contributed by atoms with Gasteiger partial charge in [-0.25, -0.2) is 12.7 Å². The second kappa shape index (κ2) is 5.70. The van der Waals surface area contributed by atoms with E-state index in [4.69, 9.17) is 5.73 Å². The summed E-state index contributed by atoms with van der Waals surface area (Å²) in [5.41, 5.74) is 6.30. The van der Waals surface area contributed by atoms with E-state index in [0.29, 0.717) is 17.9 Å². The van der Waals surface area contributed by atoms with Crippen LogP contribution in [-0.4, -0.2) is 37.8 Å². The summed E-state index contributed by atoms with van der Waals surface area (Å²) in [6.07, 6.45) is 2.51. The molecule has 0 spiro atoms. The van der Waals surface area contributed by atoms with E-state index in [9.17, 15) is 18.5 Å². The van der Waals surface area contributed by atoms with Gasteiger partial charge in [-0.1, -0.05) is 6.07 Å². The molecule has 1 aromatic rings. The summed E-state index contributed by atoms with van der Waals surface area (Å²) in [7, 11) is -0.911. The summed E-state index contributed by atoms with van der Waals surface area (Å²) in [4.78, 5) is 10.6. The van der Waals surface area contributed by atoms with Crippen LogP contribution in [0.25, 0.3) is 0 Å². The third-order valence-corrected chi connectivity index (χ3v) is 5.53. The summed E-state index contributed by atoms with van der Waals surface area (Å²) in [6, 6.07) is 3.90. The zero-order chi connectivity index (χ0) is 15.8. The first-order chi connectivity index (χ1) is 9.73. The minimum atomic E-state index is -3.68. The van der Waals surface area contributed by atoms with Crippen LogP contribution in [0.4, 0.5) is 5.69 Å². The van der Waals surface area contributed by atoms with Crippen LogP contribution in [0.15, 0.2) is 23.1 Å². The predicted molar refractivity (Wildman–Crippen MR) is 78.4 cm³/mol. The molecule has 0 aliphatic heterocycles. The molecule has 1 aromatic carbocycles. The number of nitrogens with two attached hydrogens (primary N) is 1. The van der Waals surface area contributed by atoms with E-state index < -0.39 is 14.9 Å². The zero-order valence-corrected chi connectivity index (χ0v) is 12.8. The monoisotopic (exact) mass is 313 g/mol. The Balaban J connectivity index is 2.37. The number of nitro groups is 1. The first-order valence-corrected chi connectivity index (χ1v) is 8.13. The fourth-order valence-electron chi connectivity index (χ4n) is 2.20. The lowest BCUT2D eigenvalue weighted by Crippen LogP contribution is -2.26. The van der Waals surface area contributed by atoms with Gasteiger partial charge in [-0.3, -0.25) is 10.1 Å². The largest absolute Gasteiger partial charge is 0.327 e. The van der Waals surface area contributed by atoms with Crippen molar-refractivity contribution < 1.29 is 13.3 Å². The molecule has 21 heavy (non-hydrogen) atoms. The van der Waals surface area contributed by atoms with Gasteiger partial charge in [0.05, 0.1) is 9.82 Å². The Labute approximate surface area is 123 Å². The number of hydrogen-bond acceptors (Lipinski definition) is 5. The highest BCUT2D eigenvalue weighted by Gasteiger charge is 2.31. The molecule has 2 N–H and O–H groups in total. The number of hydrogen-bond donors (Lipinski definition) is 1. The third kappa shape index (κ3) is 3.39. The molecule has 7 nitrogen and oxygen atoms in total. The van der Waals surface area contributed by atoms with E-state index in [2.05, 4.69) is 0 Å². The number of nitro benzene ring substituents is 1. The van der Waals surface area contributed by atoms with E-state index in [-0.39, 0.29) is 16.6 Å². The standard InChI is InChI=1S/C13H19N3O4S/c1-15(2)21(19,20)11-6-5-10(13(8-11)16(17)18)7-12(14)9-3-4-9/h5-6,8-9,12H,3-4,7,14H2,1-2H3. The zero-order valence-electron chi connectivity index (χ0n) is 12.0. The number of nitrogens with zero attached hydrogens (tertiary/aromatic N) is 2. The van der Waals surface area contributed by atoms with Gasteiger partial charge in [0, 0.05) is 31.8 Å². The highest BCUT2D eigenvalue weighted by atomic mass is 32.2. The van der Waals surface area contributed by atoms with Crippen molar-refractivity contribution in [2.24, 2.45) is 11.7 Å². The Morgan fingerprint density at radius 3 is 2.52 bits per heavy atom. The Bertz CT molecular complexity index is 653. The first kappa shape index (κ1) is 15.9. The molecule has 116 valence electrons. The minimum Gasteiger partial charge on any atom is -0.327 e. The molecule has 1 fully saturated rings. The van der Waals surface area contributed by atoms with Crippen molar-refractivity contribution in [3.8, 4) is 0 Å². The predicted octanol–water partition coefficient (Wildman–Crippen LogP) is 1.12. The SMILES string of the molecule is CN(C)S(=O)(=O)c1ccc(CC(N)C2CC2)c([N+](=O)[O-])c1. The molecule has 1 aliphatic rings. The fraction of sp³-hybridized carbons (Fsp3) is 0.538. The van der Waals surface area contributed by atoms with Crippen LogP contribution in [0.2, 0.25) is 0 Å². The Kier molecular flexibility index (Phi) is 4.31. The molecule has 0 radical (unpaired) electrons. The van der Waals surface area contributed by atoms with Crippen molar-refractivity contribution >= 4 is 15.7 Å². The summed E-state index contributed by atoms with van der Waals surface area (Å²) in [6.45, 7) is 0. The lowest BCUT2D eigenvalue weighted by Gasteiger charge is -2.14. The van der Waals surface area contributed by atoms with Crippen molar-refractivity contribution in [2.45, 2.75) is 30.2 Å². The van der Waals surface area contributed by atoms with Crippen LogP contribution in [0.1, 0.15) is 18.4 Å². The molecule has 0 bridgehead atoms. The van der Waals surface area contributed by atoms with Crippen molar-refractivity contribution in [1.29, 1.82) is 0 Å². The van der Waals surface area contributed by atoms with Gasteiger partial charge in [-0.05, 0) is 31.2 Å². The van der Waals surface area contributed by atoms with E-state index in [1.54, 1.807) is 0 Å². The molecular weight excluding hydrogens is 294 g/mol. The molecule has 8 heteroatoms. The maximum atomic E-state index is 12.0. The Morgan fingerprint density at radius 2 is 2.05 bits per heavy atom. The Morgan fingerprint density at radius 1 is 1.43 bits per heavy atom. The smallest absolute Gasteiger partial charge is 0.273 e. The van der Waals surface area contributed by atoms with Gasteiger partial charge in [0.2, 0.25) is 10.0 Å². The lowest BCUT2D eigenvalue weighted by molar-refractivity contribution is -0.385. The van der Waals surface area contributed by atoms with Crippen molar-refractivity contribution in [1.82, 2.24) is 4.31 Å². The van der Waals surface area contributed by atoms with Crippen LogP contribution >= 0.6 is 0 Å². The topological polar surface area (TPSA) is 107 Å². The molecule has 1 aliphatic carbocycles. The Hall–Kier alpha value is -1.51. The van der Waals surface area contributed by atoms with Crippen LogP contribution in [0, 0.1) is 16.0 Å². The van der Waals surface area contributed by atoms with Crippen LogP contribution in [-0.2, 0) is 16.4 Å². The number of rotatable bonds is 6. The van der Waals surface area contributed by atoms with Crippen molar-refractivity contribution in [3.05, 3.63) is 33.9 Å². The van der Waals surface area contributed by atoms with Gasteiger partial charge in [-0.2, -0.15) is 0 Å². The normalized spacial score (nSPS) is 17.0. The molecule has 0 aromatic heterocycles. The maximum Gasteiger partial charge on any atom is 0.273 e.